The van der Waals surface area contributed by atoms with Crippen LogP contribution in [-0.4, -0.2) is 15.9 Å². The van der Waals surface area contributed by atoms with E-state index in [0.29, 0.717) is 30.2 Å². The maximum Gasteiger partial charge on any atom is 0.224 e. The summed E-state index contributed by atoms with van der Waals surface area (Å²) < 4.78 is 5.73. The molecule has 1 N–H and O–H groups in total. The second-order valence-corrected chi connectivity index (χ2v) is 5.78. The second-order valence-electron chi connectivity index (χ2n) is 5.78. The van der Waals surface area contributed by atoms with Crippen LogP contribution in [0.5, 0.6) is 0 Å². The largest absolute Gasteiger partial charge is 0.441 e. The van der Waals surface area contributed by atoms with Crippen LogP contribution in [0.25, 0.3) is 11.3 Å². The van der Waals surface area contributed by atoms with Crippen molar-refractivity contribution in [3.8, 4) is 11.3 Å². The summed E-state index contributed by atoms with van der Waals surface area (Å²) in [5.74, 6) is 1.19. The van der Waals surface area contributed by atoms with Crippen molar-refractivity contribution in [2.45, 2.75) is 26.7 Å². The van der Waals surface area contributed by atoms with Gasteiger partial charge in [-0.1, -0.05) is 29.8 Å². The van der Waals surface area contributed by atoms with Gasteiger partial charge in [-0.25, -0.2) is 4.98 Å². The first kappa shape index (κ1) is 15.9. The number of amides is 1. The van der Waals surface area contributed by atoms with E-state index in [1.54, 1.807) is 18.6 Å². The highest BCUT2D eigenvalue weighted by molar-refractivity contribution is 5.90. The summed E-state index contributed by atoms with van der Waals surface area (Å²) >= 11 is 0. The Bertz CT molecular complexity index is 838. The average Bonchev–Trinajstić information content (AvgIpc) is 3.03. The molecule has 0 bridgehead atoms. The summed E-state index contributed by atoms with van der Waals surface area (Å²) in [6.07, 6.45) is 5.83. The van der Waals surface area contributed by atoms with Gasteiger partial charge in [-0.2, -0.15) is 0 Å². The maximum atomic E-state index is 12.0. The lowest BCUT2D eigenvalue weighted by molar-refractivity contribution is -0.116. The average molecular weight is 321 g/mol. The molecule has 2 aromatic heterocycles. The number of hydrogen-bond acceptors (Lipinski definition) is 4. The molecule has 3 rings (SSSR count). The quantitative estimate of drug-likeness (QED) is 0.773. The molecule has 2 heterocycles. The molecule has 0 saturated carbocycles. The number of hydrogen-bond donors (Lipinski definition) is 1. The highest BCUT2D eigenvalue weighted by Gasteiger charge is 2.09. The number of rotatable bonds is 5. The Balaban J connectivity index is 1.57. The zero-order valence-corrected chi connectivity index (χ0v) is 13.7. The lowest BCUT2D eigenvalue weighted by Crippen LogP contribution is -2.12. The molecular formula is C19H19N3O2. The minimum atomic E-state index is -0.0857. The Morgan fingerprint density at radius 3 is 2.62 bits per heavy atom. The zero-order chi connectivity index (χ0) is 16.9. The normalized spacial score (nSPS) is 10.6. The predicted molar refractivity (Wildman–Crippen MR) is 92.6 cm³/mol. The molecule has 0 radical (unpaired) electrons. The van der Waals surface area contributed by atoms with Gasteiger partial charge in [0.15, 0.2) is 11.7 Å². The highest BCUT2D eigenvalue weighted by Crippen LogP contribution is 2.21. The van der Waals surface area contributed by atoms with Gasteiger partial charge in [0.25, 0.3) is 0 Å². The smallest absolute Gasteiger partial charge is 0.224 e. The SMILES string of the molecule is Cc1ccc(-c2cnc(CCC(=O)Nc3cncc(C)c3)o2)cc1. The van der Waals surface area contributed by atoms with Crippen molar-refractivity contribution in [3.05, 3.63) is 65.9 Å². The number of nitrogens with zero attached hydrogens (tertiary/aromatic N) is 2. The number of benzene rings is 1. The van der Waals surface area contributed by atoms with Crippen molar-refractivity contribution in [3.63, 3.8) is 0 Å². The van der Waals surface area contributed by atoms with Gasteiger partial charge in [-0.3, -0.25) is 9.78 Å². The van der Waals surface area contributed by atoms with E-state index < -0.39 is 0 Å². The van der Waals surface area contributed by atoms with E-state index in [1.165, 1.54) is 5.56 Å². The van der Waals surface area contributed by atoms with E-state index in [-0.39, 0.29) is 5.91 Å². The molecule has 0 spiro atoms. The van der Waals surface area contributed by atoms with Crippen LogP contribution in [-0.2, 0) is 11.2 Å². The Hall–Kier alpha value is -2.95. The van der Waals surface area contributed by atoms with Crippen LogP contribution in [0, 0.1) is 13.8 Å². The zero-order valence-electron chi connectivity index (χ0n) is 13.7. The molecule has 1 aromatic carbocycles. The Labute approximate surface area is 140 Å². The number of aryl methyl sites for hydroxylation is 3. The molecule has 1 amide bonds. The van der Waals surface area contributed by atoms with Gasteiger partial charge in [0.05, 0.1) is 18.1 Å². The molecule has 0 atom stereocenters. The van der Waals surface area contributed by atoms with Crippen molar-refractivity contribution in [2.75, 3.05) is 5.32 Å². The predicted octanol–water partition coefficient (Wildman–Crippen LogP) is 3.92. The van der Waals surface area contributed by atoms with Crippen molar-refractivity contribution < 1.29 is 9.21 Å². The van der Waals surface area contributed by atoms with Crippen LogP contribution in [0.2, 0.25) is 0 Å². The fourth-order valence-electron chi connectivity index (χ4n) is 2.34. The molecule has 5 heteroatoms. The van der Waals surface area contributed by atoms with Crippen LogP contribution in [0.3, 0.4) is 0 Å². The third kappa shape index (κ3) is 4.07. The third-order valence-electron chi connectivity index (χ3n) is 3.61. The van der Waals surface area contributed by atoms with Crippen LogP contribution in [0.15, 0.2) is 53.3 Å². The Kier molecular flexibility index (Phi) is 4.70. The molecular weight excluding hydrogens is 302 g/mol. The summed E-state index contributed by atoms with van der Waals surface area (Å²) in [5.41, 5.74) is 3.88. The van der Waals surface area contributed by atoms with Crippen LogP contribution >= 0.6 is 0 Å². The number of nitrogens with one attached hydrogen (secondary N) is 1. The maximum absolute atomic E-state index is 12.0. The number of anilines is 1. The minimum Gasteiger partial charge on any atom is -0.441 e. The molecule has 0 unspecified atom stereocenters. The first-order valence-electron chi connectivity index (χ1n) is 7.83. The van der Waals surface area contributed by atoms with E-state index >= 15 is 0 Å². The molecule has 5 nitrogen and oxygen atoms in total. The van der Waals surface area contributed by atoms with E-state index in [1.807, 2.05) is 44.2 Å². The van der Waals surface area contributed by atoms with Gasteiger partial charge >= 0.3 is 0 Å². The minimum absolute atomic E-state index is 0.0857. The Morgan fingerprint density at radius 1 is 1.08 bits per heavy atom. The number of carbonyl (C=O) groups excluding carboxylic acids is 1. The van der Waals surface area contributed by atoms with Crippen LogP contribution in [0.4, 0.5) is 5.69 Å². The van der Waals surface area contributed by atoms with Crippen molar-refractivity contribution >= 4 is 11.6 Å². The standard InChI is InChI=1S/C19H19N3O2/c1-13-3-5-15(6-4-13)17-12-21-19(24-17)8-7-18(23)22-16-9-14(2)10-20-11-16/h3-6,9-12H,7-8H2,1-2H3,(H,22,23). The number of pyridine rings is 1. The number of carbonyl (C=O) groups is 1. The van der Waals surface area contributed by atoms with Crippen molar-refractivity contribution in [1.29, 1.82) is 0 Å². The monoisotopic (exact) mass is 321 g/mol. The Morgan fingerprint density at radius 2 is 1.88 bits per heavy atom. The third-order valence-corrected chi connectivity index (χ3v) is 3.61. The second kappa shape index (κ2) is 7.08. The van der Waals surface area contributed by atoms with Crippen LogP contribution < -0.4 is 5.32 Å². The molecule has 122 valence electrons. The van der Waals surface area contributed by atoms with Gasteiger partial charge in [-0.15, -0.1) is 0 Å². The van der Waals surface area contributed by atoms with E-state index in [4.69, 9.17) is 4.42 Å². The van der Waals surface area contributed by atoms with Crippen molar-refractivity contribution in [2.24, 2.45) is 0 Å². The fourth-order valence-corrected chi connectivity index (χ4v) is 2.34. The van der Waals surface area contributed by atoms with Gasteiger partial charge in [0, 0.05) is 24.6 Å². The van der Waals surface area contributed by atoms with Gasteiger partial charge in [-0.05, 0) is 25.5 Å². The van der Waals surface area contributed by atoms with E-state index in [0.717, 1.165) is 11.1 Å². The first-order valence-corrected chi connectivity index (χ1v) is 7.83. The lowest BCUT2D eigenvalue weighted by atomic mass is 10.1. The summed E-state index contributed by atoms with van der Waals surface area (Å²) in [7, 11) is 0. The molecule has 0 aliphatic heterocycles. The summed E-state index contributed by atoms with van der Waals surface area (Å²) in [4.78, 5) is 20.3. The molecule has 0 aliphatic carbocycles. The summed E-state index contributed by atoms with van der Waals surface area (Å²) in [6.45, 7) is 3.97. The van der Waals surface area contributed by atoms with E-state index in [2.05, 4.69) is 15.3 Å². The van der Waals surface area contributed by atoms with Gasteiger partial charge in [0.2, 0.25) is 5.91 Å². The molecule has 3 aromatic rings. The summed E-state index contributed by atoms with van der Waals surface area (Å²) in [6, 6.07) is 9.93. The number of aromatic nitrogens is 2. The first-order chi connectivity index (χ1) is 11.6. The molecule has 0 fully saturated rings. The molecule has 0 aliphatic rings. The van der Waals surface area contributed by atoms with Gasteiger partial charge in [0.1, 0.15) is 0 Å². The molecule has 0 saturated heterocycles. The number of oxazole rings is 1. The topological polar surface area (TPSA) is 68.0 Å². The summed E-state index contributed by atoms with van der Waals surface area (Å²) in [5, 5.41) is 2.83. The lowest BCUT2D eigenvalue weighted by Gasteiger charge is -2.04. The van der Waals surface area contributed by atoms with Crippen LogP contribution in [0.1, 0.15) is 23.4 Å². The van der Waals surface area contributed by atoms with Crippen molar-refractivity contribution in [1.82, 2.24) is 9.97 Å². The fraction of sp³-hybridized carbons (Fsp3) is 0.211. The molecule has 24 heavy (non-hydrogen) atoms. The van der Waals surface area contributed by atoms with E-state index in [9.17, 15) is 4.79 Å². The van der Waals surface area contributed by atoms with Gasteiger partial charge < -0.3 is 9.73 Å². The highest BCUT2D eigenvalue weighted by atomic mass is 16.4.